The Bertz CT molecular complexity index is 633. The summed E-state index contributed by atoms with van der Waals surface area (Å²) < 4.78 is 29.2. The van der Waals surface area contributed by atoms with Crippen LogP contribution in [0.5, 0.6) is 0 Å². The summed E-state index contributed by atoms with van der Waals surface area (Å²) in [7, 11) is -1.56. The first kappa shape index (κ1) is 13.7. The summed E-state index contributed by atoms with van der Waals surface area (Å²) in [4.78, 5) is 0. The van der Waals surface area contributed by atoms with Crippen LogP contribution in [0.1, 0.15) is 5.56 Å². The van der Waals surface area contributed by atoms with E-state index >= 15 is 0 Å². The molecule has 5 nitrogen and oxygen atoms in total. The van der Waals surface area contributed by atoms with E-state index in [0.717, 1.165) is 9.35 Å². The molecule has 0 aliphatic heterocycles. The van der Waals surface area contributed by atoms with Crippen LogP contribution in [0.3, 0.4) is 0 Å². The standard InChI is InChI=1S/C10H12BrN3O2S2/c1-14-7-8(6-12-14)4-5-13-18(15,16)10-3-2-9(11)17-10/h2-3,6-7,13H,4-5H2,1H3. The highest BCUT2D eigenvalue weighted by molar-refractivity contribution is 9.11. The highest BCUT2D eigenvalue weighted by atomic mass is 79.9. The lowest BCUT2D eigenvalue weighted by Gasteiger charge is -2.03. The van der Waals surface area contributed by atoms with E-state index in [9.17, 15) is 8.42 Å². The van der Waals surface area contributed by atoms with Gasteiger partial charge in [-0.1, -0.05) is 0 Å². The second-order valence-electron chi connectivity index (χ2n) is 3.73. The molecule has 0 unspecified atom stereocenters. The molecule has 0 bridgehead atoms. The quantitative estimate of drug-likeness (QED) is 0.894. The third-order valence-electron chi connectivity index (χ3n) is 2.28. The molecule has 0 amide bonds. The molecule has 0 spiro atoms. The third kappa shape index (κ3) is 3.41. The lowest BCUT2D eigenvalue weighted by atomic mass is 10.3. The summed E-state index contributed by atoms with van der Waals surface area (Å²) in [5, 5.41) is 4.03. The zero-order valence-corrected chi connectivity index (χ0v) is 12.8. The van der Waals surface area contributed by atoms with Gasteiger partial charge in [-0.3, -0.25) is 4.68 Å². The molecule has 0 saturated carbocycles. The van der Waals surface area contributed by atoms with E-state index in [4.69, 9.17) is 0 Å². The number of nitrogens with one attached hydrogen (secondary N) is 1. The molecule has 0 aromatic carbocycles. The maximum absolute atomic E-state index is 11.9. The number of aryl methyl sites for hydroxylation is 1. The number of thiophene rings is 1. The van der Waals surface area contributed by atoms with Crippen molar-refractivity contribution in [3.05, 3.63) is 33.9 Å². The number of rotatable bonds is 5. The Morgan fingerprint density at radius 2 is 2.28 bits per heavy atom. The summed E-state index contributed by atoms with van der Waals surface area (Å²) in [6.07, 6.45) is 4.23. The molecular weight excluding hydrogens is 338 g/mol. The molecular formula is C10H12BrN3O2S2. The number of halogens is 1. The van der Waals surface area contributed by atoms with E-state index in [0.29, 0.717) is 17.2 Å². The molecule has 2 rings (SSSR count). The minimum Gasteiger partial charge on any atom is -0.276 e. The molecule has 0 aliphatic rings. The van der Waals surface area contributed by atoms with Crippen molar-refractivity contribution in [3.63, 3.8) is 0 Å². The van der Waals surface area contributed by atoms with Crippen molar-refractivity contribution in [3.8, 4) is 0 Å². The SMILES string of the molecule is Cn1cc(CCNS(=O)(=O)c2ccc(Br)s2)cn1. The molecule has 98 valence electrons. The fourth-order valence-electron chi connectivity index (χ4n) is 1.44. The molecule has 2 heterocycles. The van der Waals surface area contributed by atoms with Crippen molar-refractivity contribution in [2.24, 2.45) is 7.05 Å². The van der Waals surface area contributed by atoms with Crippen molar-refractivity contribution in [2.75, 3.05) is 6.54 Å². The predicted molar refractivity (Wildman–Crippen MR) is 74.1 cm³/mol. The van der Waals surface area contributed by atoms with Gasteiger partial charge in [-0.25, -0.2) is 13.1 Å². The zero-order valence-electron chi connectivity index (χ0n) is 9.63. The van der Waals surface area contributed by atoms with Crippen LogP contribution in [-0.2, 0) is 23.5 Å². The van der Waals surface area contributed by atoms with E-state index in [2.05, 4.69) is 25.8 Å². The molecule has 0 atom stereocenters. The number of hydrogen-bond acceptors (Lipinski definition) is 4. The Kier molecular flexibility index (Phi) is 4.21. The lowest BCUT2D eigenvalue weighted by Crippen LogP contribution is -2.25. The molecule has 0 aliphatic carbocycles. The van der Waals surface area contributed by atoms with Gasteiger partial charge in [0.2, 0.25) is 10.0 Å². The molecule has 0 saturated heterocycles. The van der Waals surface area contributed by atoms with Crippen molar-refractivity contribution in [1.82, 2.24) is 14.5 Å². The molecule has 2 aromatic heterocycles. The number of sulfonamides is 1. The van der Waals surface area contributed by atoms with Gasteiger partial charge in [-0.2, -0.15) is 5.10 Å². The van der Waals surface area contributed by atoms with E-state index in [1.807, 2.05) is 13.2 Å². The Hall–Kier alpha value is -0.700. The number of aromatic nitrogens is 2. The minimum atomic E-state index is -3.39. The van der Waals surface area contributed by atoms with E-state index in [1.165, 1.54) is 11.3 Å². The van der Waals surface area contributed by atoms with E-state index < -0.39 is 10.0 Å². The first-order valence-corrected chi connectivity index (χ1v) is 8.29. The minimum absolute atomic E-state index is 0.320. The van der Waals surface area contributed by atoms with Gasteiger partial charge in [0, 0.05) is 19.8 Å². The van der Waals surface area contributed by atoms with Crippen molar-refractivity contribution in [2.45, 2.75) is 10.6 Å². The van der Waals surface area contributed by atoms with Crippen LogP contribution in [0, 0.1) is 0 Å². The summed E-state index contributed by atoms with van der Waals surface area (Å²) in [5.41, 5.74) is 1.01. The largest absolute Gasteiger partial charge is 0.276 e. The fourth-order valence-corrected chi connectivity index (χ4v) is 4.53. The fraction of sp³-hybridized carbons (Fsp3) is 0.300. The van der Waals surface area contributed by atoms with Crippen molar-refractivity contribution < 1.29 is 8.42 Å². The summed E-state index contributed by atoms with van der Waals surface area (Å²) in [5.74, 6) is 0. The predicted octanol–water partition coefficient (Wildman–Crippen LogP) is 1.77. The number of hydrogen-bond donors (Lipinski definition) is 1. The van der Waals surface area contributed by atoms with Crippen molar-refractivity contribution >= 4 is 37.3 Å². The topological polar surface area (TPSA) is 64.0 Å². The molecule has 1 N–H and O–H groups in total. The van der Waals surface area contributed by atoms with Gasteiger partial charge >= 0.3 is 0 Å². The van der Waals surface area contributed by atoms with Crippen LogP contribution in [0.4, 0.5) is 0 Å². The van der Waals surface area contributed by atoms with Gasteiger partial charge in [0.25, 0.3) is 0 Å². The Morgan fingerprint density at radius 1 is 1.50 bits per heavy atom. The second-order valence-corrected chi connectivity index (χ2v) is 8.19. The zero-order chi connectivity index (χ0) is 13.2. The van der Waals surface area contributed by atoms with E-state index in [-0.39, 0.29) is 0 Å². The first-order valence-electron chi connectivity index (χ1n) is 5.20. The Balaban J connectivity index is 1.93. The van der Waals surface area contributed by atoms with Crippen LogP contribution in [0.25, 0.3) is 0 Å². The van der Waals surface area contributed by atoms with Crippen LogP contribution in [0.2, 0.25) is 0 Å². The van der Waals surface area contributed by atoms with E-state index in [1.54, 1.807) is 23.0 Å². The average Bonchev–Trinajstić information content (AvgIpc) is 2.88. The smallest absolute Gasteiger partial charge is 0.250 e. The lowest BCUT2D eigenvalue weighted by molar-refractivity contribution is 0.584. The molecule has 8 heteroatoms. The van der Waals surface area contributed by atoms with Crippen LogP contribution < -0.4 is 4.72 Å². The van der Waals surface area contributed by atoms with Gasteiger partial charge < -0.3 is 0 Å². The molecule has 2 aromatic rings. The van der Waals surface area contributed by atoms with Gasteiger partial charge in [-0.15, -0.1) is 11.3 Å². The average molecular weight is 350 g/mol. The maximum atomic E-state index is 11.9. The molecule has 0 fully saturated rings. The maximum Gasteiger partial charge on any atom is 0.250 e. The van der Waals surface area contributed by atoms with Crippen LogP contribution in [0.15, 0.2) is 32.5 Å². The van der Waals surface area contributed by atoms with Crippen LogP contribution >= 0.6 is 27.3 Å². The summed E-state index contributed by atoms with van der Waals surface area (Å²) in [6.45, 7) is 0.365. The van der Waals surface area contributed by atoms with Crippen LogP contribution in [-0.4, -0.2) is 24.7 Å². The second kappa shape index (κ2) is 5.52. The monoisotopic (exact) mass is 349 g/mol. The van der Waals surface area contributed by atoms with Gasteiger partial charge in [0.15, 0.2) is 0 Å². The van der Waals surface area contributed by atoms with Crippen molar-refractivity contribution in [1.29, 1.82) is 0 Å². The Labute approximate surface area is 118 Å². The highest BCUT2D eigenvalue weighted by Crippen LogP contribution is 2.25. The molecule has 18 heavy (non-hydrogen) atoms. The van der Waals surface area contributed by atoms with Gasteiger partial charge in [0.05, 0.1) is 9.98 Å². The highest BCUT2D eigenvalue weighted by Gasteiger charge is 2.15. The van der Waals surface area contributed by atoms with Gasteiger partial charge in [0.1, 0.15) is 4.21 Å². The third-order valence-corrected chi connectivity index (χ3v) is 5.85. The first-order chi connectivity index (χ1) is 8.47. The molecule has 0 radical (unpaired) electrons. The summed E-state index contributed by atoms with van der Waals surface area (Å²) >= 11 is 4.44. The van der Waals surface area contributed by atoms with Gasteiger partial charge in [-0.05, 0) is 40.0 Å². The Morgan fingerprint density at radius 3 is 2.83 bits per heavy atom. The number of nitrogens with zero attached hydrogens (tertiary/aromatic N) is 2. The summed E-state index contributed by atoms with van der Waals surface area (Å²) in [6, 6.07) is 3.31. The normalized spacial score (nSPS) is 11.9.